The first-order valence-electron chi connectivity index (χ1n) is 6.43. The van der Waals surface area contributed by atoms with Crippen LogP contribution >= 0.6 is 0 Å². The van der Waals surface area contributed by atoms with Gasteiger partial charge in [0, 0.05) is 0 Å². The molecule has 0 N–H and O–H groups in total. The molecule has 16 heavy (non-hydrogen) atoms. The van der Waals surface area contributed by atoms with Gasteiger partial charge in [-0.05, 0) is 51.7 Å². The maximum atomic E-state index is 11.6. The number of likely N-dealkylation sites (tertiary alicyclic amines) is 1. The Bertz CT molecular complexity index is 210. The predicted molar refractivity (Wildman–Crippen MR) is 65.3 cm³/mol. The molecule has 0 spiro atoms. The van der Waals surface area contributed by atoms with E-state index < -0.39 is 0 Å². The molecule has 0 aromatic carbocycles. The first-order valence-corrected chi connectivity index (χ1v) is 6.43. The Hall–Kier alpha value is -0.570. The van der Waals surface area contributed by atoms with Crippen molar-refractivity contribution in [1.29, 1.82) is 0 Å². The molecule has 1 rings (SSSR count). The second-order valence-corrected chi connectivity index (χ2v) is 4.99. The fraction of sp³-hybridized carbons (Fsp3) is 0.923. The summed E-state index contributed by atoms with van der Waals surface area (Å²) in [5, 5.41) is 0. The molecule has 1 atom stereocenters. The van der Waals surface area contributed by atoms with Crippen LogP contribution in [0.25, 0.3) is 0 Å². The van der Waals surface area contributed by atoms with Crippen molar-refractivity contribution in [2.24, 2.45) is 11.8 Å². The first kappa shape index (κ1) is 13.5. The molecular formula is C13H25NO2. The molecule has 0 aliphatic carbocycles. The molecule has 0 amide bonds. The first-order chi connectivity index (χ1) is 7.67. The summed E-state index contributed by atoms with van der Waals surface area (Å²) in [4.78, 5) is 14.0. The minimum Gasteiger partial charge on any atom is -0.469 e. The molecule has 1 saturated heterocycles. The van der Waals surface area contributed by atoms with Crippen molar-refractivity contribution in [1.82, 2.24) is 4.90 Å². The van der Waals surface area contributed by atoms with Crippen molar-refractivity contribution in [3.8, 4) is 0 Å². The van der Waals surface area contributed by atoms with Crippen molar-refractivity contribution < 1.29 is 9.53 Å². The number of hydrogen-bond donors (Lipinski definition) is 0. The highest BCUT2D eigenvalue weighted by molar-refractivity contribution is 5.72. The quantitative estimate of drug-likeness (QED) is 0.675. The second kappa shape index (κ2) is 6.89. The number of rotatable bonds is 5. The van der Waals surface area contributed by atoms with Gasteiger partial charge in [0.25, 0.3) is 0 Å². The van der Waals surface area contributed by atoms with Crippen LogP contribution in [-0.4, -0.2) is 38.1 Å². The third kappa shape index (κ3) is 4.12. The van der Waals surface area contributed by atoms with Crippen LogP contribution in [0.5, 0.6) is 0 Å². The highest BCUT2D eigenvalue weighted by atomic mass is 16.5. The van der Waals surface area contributed by atoms with Crippen molar-refractivity contribution in [2.45, 2.75) is 39.0 Å². The number of hydrogen-bond acceptors (Lipinski definition) is 3. The zero-order chi connectivity index (χ0) is 12.0. The van der Waals surface area contributed by atoms with Gasteiger partial charge in [-0.15, -0.1) is 0 Å². The van der Waals surface area contributed by atoms with Crippen LogP contribution in [0.3, 0.4) is 0 Å². The van der Waals surface area contributed by atoms with Crippen LogP contribution in [0.15, 0.2) is 0 Å². The van der Waals surface area contributed by atoms with Gasteiger partial charge in [0.15, 0.2) is 0 Å². The third-order valence-electron chi connectivity index (χ3n) is 3.63. The van der Waals surface area contributed by atoms with Crippen molar-refractivity contribution >= 4 is 5.97 Å². The number of methoxy groups -OCH3 is 1. The van der Waals surface area contributed by atoms with Crippen LogP contribution < -0.4 is 0 Å². The van der Waals surface area contributed by atoms with Gasteiger partial charge in [0.05, 0.1) is 13.0 Å². The van der Waals surface area contributed by atoms with E-state index in [4.69, 9.17) is 4.74 Å². The lowest BCUT2D eigenvalue weighted by molar-refractivity contribution is -0.146. The van der Waals surface area contributed by atoms with Gasteiger partial charge in [0.2, 0.25) is 0 Å². The summed E-state index contributed by atoms with van der Waals surface area (Å²) in [5.74, 6) is 0.830. The van der Waals surface area contributed by atoms with Crippen LogP contribution in [0.2, 0.25) is 0 Å². The molecule has 1 aliphatic rings. The maximum Gasteiger partial charge on any atom is 0.308 e. The van der Waals surface area contributed by atoms with Gasteiger partial charge in [0.1, 0.15) is 0 Å². The molecule has 0 bridgehead atoms. The van der Waals surface area contributed by atoms with E-state index in [2.05, 4.69) is 18.9 Å². The van der Waals surface area contributed by atoms with E-state index in [0.29, 0.717) is 5.92 Å². The SMILES string of the molecule is CCCC(CC1CCN(C)CC1)C(=O)OC. The molecule has 94 valence electrons. The Morgan fingerprint density at radius 1 is 1.44 bits per heavy atom. The summed E-state index contributed by atoms with van der Waals surface area (Å²) in [6, 6.07) is 0. The van der Waals surface area contributed by atoms with E-state index in [0.717, 1.165) is 19.3 Å². The molecule has 1 aliphatic heterocycles. The third-order valence-corrected chi connectivity index (χ3v) is 3.63. The molecule has 1 heterocycles. The average molecular weight is 227 g/mol. The lowest BCUT2D eigenvalue weighted by atomic mass is 9.85. The summed E-state index contributed by atoms with van der Waals surface area (Å²) < 4.78 is 4.88. The Labute approximate surface area is 99.1 Å². The van der Waals surface area contributed by atoms with E-state index in [1.807, 2.05) is 0 Å². The topological polar surface area (TPSA) is 29.5 Å². The number of carbonyl (C=O) groups is 1. The largest absolute Gasteiger partial charge is 0.469 e. The lowest BCUT2D eigenvalue weighted by Crippen LogP contribution is -2.32. The van der Waals surface area contributed by atoms with E-state index >= 15 is 0 Å². The Morgan fingerprint density at radius 2 is 2.06 bits per heavy atom. The summed E-state index contributed by atoms with van der Waals surface area (Å²) >= 11 is 0. The molecule has 3 heteroatoms. The monoisotopic (exact) mass is 227 g/mol. The Balaban J connectivity index is 2.39. The van der Waals surface area contributed by atoms with Crippen LogP contribution in [0, 0.1) is 11.8 Å². The van der Waals surface area contributed by atoms with Crippen molar-refractivity contribution in [3.05, 3.63) is 0 Å². The standard InChI is InChI=1S/C13H25NO2/c1-4-5-12(13(15)16-3)10-11-6-8-14(2)9-7-11/h11-12H,4-10H2,1-3H3. The second-order valence-electron chi connectivity index (χ2n) is 4.99. The number of ether oxygens (including phenoxy) is 1. The van der Waals surface area contributed by atoms with E-state index in [1.54, 1.807) is 0 Å². The summed E-state index contributed by atoms with van der Waals surface area (Å²) in [6.07, 6.45) is 5.52. The Kier molecular flexibility index (Phi) is 5.81. The molecule has 0 aromatic heterocycles. The summed E-state index contributed by atoms with van der Waals surface area (Å²) in [5.41, 5.74) is 0. The lowest BCUT2D eigenvalue weighted by Gasteiger charge is -2.30. The molecule has 1 fully saturated rings. The fourth-order valence-corrected chi connectivity index (χ4v) is 2.55. The van der Waals surface area contributed by atoms with Crippen LogP contribution in [-0.2, 0) is 9.53 Å². The smallest absolute Gasteiger partial charge is 0.308 e. The summed E-state index contributed by atoms with van der Waals surface area (Å²) in [7, 11) is 3.67. The molecule has 3 nitrogen and oxygen atoms in total. The maximum absolute atomic E-state index is 11.6. The van der Waals surface area contributed by atoms with Crippen molar-refractivity contribution in [2.75, 3.05) is 27.2 Å². The average Bonchev–Trinajstić information content (AvgIpc) is 2.30. The molecule has 0 saturated carbocycles. The van der Waals surface area contributed by atoms with Crippen LogP contribution in [0.4, 0.5) is 0 Å². The Morgan fingerprint density at radius 3 is 2.56 bits per heavy atom. The van der Waals surface area contributed by atoms with Gasteiger partial charge in [-0.3, -0.25) is 4.79 Å². The highest BCUT2D eigenvalue weighted by Crippen LogP contribution is 2.26. The van der Waals surface area contributed by atoms with Gasteiger partial charge in [-0.25, -0.2) is 0 Å². The van der Waals surface area contributed by atoms with E-state index in [1.165, 1.54) is 33.0 Å². The predicted octanol–water partition coefficient (Wildman–Crippen LogP) is 2.31. The molecule has 1 unspecified atom stereocenters. The zero-order valence-electron chi connectivity index (χ0n) is 10.9. The minimum absolute atomic E-state index is 0.0132. The van der Waals surface area contributed by atoms with E-state index in [9.17, 15) is 4.79 Å². The normalized spacial score (nSPS) is 20.7. The highest BCUT2D eigenvalue weighted by Gasteiger charge is 2.25. The fourth-order valence-electron chi connectivity index (χ4n) is 2.55. The number of nitrogens with zero attached hydrogens (tertiary/aromatic N) is 1. The number of carbonyl (C=O) groups excluding carboxylic acids is 1. The summed E-state index contributed by atoms with van der Waals surface area (Å²) in [6.45, 7) is 4.47. The molecular weight excluding hydrogens is 202 g/mol. The minimum atomic E-state index is -0.0132. The van der Waals surface area contributed by atoms with Crippen LogP contribution in [0.1, 0.15) is 39.0 Å². The number of piperidine rings is 1. The molecule has 0 radical (unpaired) electrons. The van der Waals surface area contributed by atoms with Gasteiger partial charge in [-0.2, -0.15) is 0 Å². The zero-order valence-corrected chi connectivity index (χ0v) is 10.9. The van der Waals surface area contributed by atoms with Gasteiger partial charge in [-0.1, -0.05) is 13.3 Å². The van der Waals surface area contributed by atoms with Gasteiger partial charge >= 0.3 is 5.97 Å². The van der Waals surface area contributed by atoms with Crippen molar-refractivity contribution in [3.63, 3.8) is 0 Å². The van der Waals surface area contributed by atoms with E-state index in [-0.39, 0.29) is 11.9 Å². The number of esters is 1. The molecule has 0 aromatic rings. The van der Waals surface area contributed by atoms with Gasteiger partial charge < -0.3 is 9.64 Å².